The van der Waals surface area contributed by atoms with Crippen LogP contribution in [0.4, 0.5) is 0 Å². The number of hydrazone groups is 1. The van der Waals surface area contributed by atoms with Crippen LogP contribution in [0.2, 0.25) is 0 Å². The Morgan fingerprint density at radius 1 is 1.17 bits per heavy atom. The molecule has 0 saturated heterocycles. The maximum absolute atomic E-state index is 12.2. The van der Waals surface area contributed by atoms with Gasteiger partial charge in [0, 0.05) is 10.7 Å². The minimum atomic E-state index is -0.452. The second-order valence-corrected chi connectivity index (χ2v) is 4.98. The first-order chi connectivity index (χ1) is 11.5. The van der Waals surface area contributed by atoms with Crippen LogP contribution in [0.5, 0.6) is 11.5 Å². The zero-order chi connectivity index (χ0) is 17.5. The van der Waals surface area contributed by atoms with Crippen LogP contribution >= 0.6 is 0 Å². The first-order valence-electron chi connectivity index (χ1n) is 7.14. The first kappa shape index (κ1) is 17.0. The smallest absolute Gasteiger partial charge is 0.343 e. The lowest BCUT2D eigenvalue weighted by Crippen LogP contribution is -2.63. The van der Waals surface area contributed by atoms with Crippen LogP contribution in [-0.2, 0) is 0 Å². The van der Waals surface area contributed by atoms with Crippen molar-refractivity contribution < 1.29 is 19.4 Å². The normalized spacial score (nSPS) is 10.4. The Morgan fingerprint density at radius 3 is 2.62 bits per heavy atom. The number of nitrogens with zero attached hydrogens (tertiary/aromatic N) is 1. The Labute approximate surface area is 139 Å². The van der Waals surface area contributed by atoms with Crippen LogP contribution in [0.1, 0.15) is 21.5 Å². The molecule has 0 heterocycles. The largest absolute Gasteiger partial charge is 0.493 e. The highest BCUT2D eigenvalue weighted by Gasteiger charge is 2.13. The minimum Gasteiger partial charge on any atom is -0.493 e. The van der Waals surface area contributed by atoms with Crippen molar-refractivity contribution >= 4 is 18.1 Å². The van der Waals surface area contributed by atoms with Gasteiger partial charge < -0.3 is 20.9 Å². The predicted molar refractivity (Wildman–Crippen MR) is 91.1 cm³/mol. The van der Waals surface area contributed by atoms with Gasteiger partial charge in [-0.3, -0.25) is 0 Å². The van der Waals surface area contributed by atoms with E-state index in [9.17, 15) is 4.79 Å². The molecule has 0 radical (unpaired) electrons. The molecular weight excluding hydrogens is 308 g/mol. The maximum Gasteiger partial charge on any atom is 0.343 e. The summed E-state index contributed by atoms with van der Waals surface area (Å²) in [6.07, 6.45) is 1.58. The number of methoxy groups -OCH3 is 1. The van der Waals surface area contributed by atoms with Gasteiger partial charge in [-0.1, -0.05) is 17.7 Å². The highest BCUT2D eigenvalue weighted by atomic mass is 16.6. The fourth-order valence-electron chi connectivity index (χ4n) is 1.97. The van der Waals surface area contributed by atoms with Crippen LogP contribution in [0, 0.1) is 6.92 Å². The number of rotatable bonds is 5. The number of aryl methyl sites for hydroxylation is 1. The molecule has 0 aromatic heterocycles. The molecule has 24 heavy (non-hydrogen) atoms. The Balaban J connectivity index is 2.20. The van der Waals surface area contributed by atoms with Gasteiger partial charge in [0.25, 0.3) is 5.96 Å². The van der Waals surface area contributed by atoms with Gasteiger partial charge in [-0.15, -0.1) is 5.10 Å². The van der Waals surface area contributed by atoms with E-state index in [1.165, 1.54) is 7.11 Å². The van der Waals surface area contributed by atoms with Crippen LogP contribution in [0.25, 0.3) is 0 Å². The van der Waals surface area contributed by atoms with E-state index < -0.39 is 5.97 Å². The second kappa shape index (κ2) is 7.77. The van der Waals surface area contributed by atoms with Gasteiger partial charge >= 0.3 is 5.97 Å². The maximum atomic E-state index is 12.2. The van der Waals surface area contributed by atoms with Gasteiger partial charge in [0.2, 0.25) is 6.21 Å². The molecule has 0 saturated carbocycles. The molecule has 2 rings (SSSR count). The predicted octanol–water partition coefficient (Wildman–Crippen LogP) is -0.0893. The van der Waals surface area contributed by atoms with Gasteiger partial charge in [-0.2, -0.15) is 0 Å². The number of nitrogens with two attached hydrogens (primary N) is 2. The number of esters is 1. The molecule has 0 bridgehead atoms. The summed E-state index contributed by atoms with van der Waals surface area (Å²) in [5, 5.41) is 6.23. The number of carbonyl (C=O) groups excluding carboxylic acids is 1. The zero-order valence-corrected chi connectivity index (χ0v) is 13.4. The lowest BCUT2D eigenvalue weighted by molar-refractivity contribution is -0.456. The summed E-state index contributed by atoms with van der Waals surface area (Å²) in [6, 6.07) is 12.2. The monoisotopic (exact) mass is 327 g/mol. The summed E-state index contributed by atoms with van der Waals surface area (Å²) in [5.41, 5.74) is 12.6. The van der Waals surface area contributed by atoms with Crippen molar-refractivity contribution in [1.82, 2.24) is 0 Å². The highest BCUT2D eigenvalue weighted by Crippen LogP contribution is 2.28. The van der Waals surface area contributed by atoms with E-state index in [0.717, 1.165) is 11.1 Å². The zero-order valence-electron chi connectivity index (χ0n) is 13.4. The van der Waals surface area contributed by atoms with Crippen molar-refractivity contribution in [3.8, 4) is 11.5 Å². The summed E-state index contributed by atoms with van der Waals surface area (Å²) in [6.45, 7) is 1.91. The number of ether oxygens (including phenoxy) is 2. The third kappa shape index (κ3) is 4.57. The number of hydrogen-bond donors (Lipinski definition) is 3. The molecule has 124 valence electrons. The third-order valence-corrected chi connectivity index (χ3v) is 3.07. The van der Waals surface area contributed by atoms with Gasteiger partial charge in [0.05, 0.1) is 12.7 Å². The molecule has 0 fully saturated rings. The fourth-order valence-corrected chi connectivity index (χ4v) is 1.97. The Hall–Kier alpha value is -3.35. The Kier molecular flexibility index (Phi) is 5.51. The molecular formula is C17H19N4O3+. The molecule has 0 unspecified atom stereocenters. The van der Waals surface area contributed by atoms with Gasteiger partial charge in [-0.05, 0) is 37.3 Å². The van der Waals surface area contributed by atoms with Gasteiger partial charge in [-0.25, -0.2) is 4.79 Å². The minimum absolute atomic E-state index is 0.0816. The summed E-state index contributed by atoms with van der Waals surface area (Å²) >= 11 is 0. The van der Waals surface area contributed by atoms with Crippen LogP contribution < -0.4 is 26.0 Å². The SMILES string of the molecule is COc1cc(C=[NH+]N=C(N)N)ccc1OC(=O)c1cccc(C)c1. The standard InChI is InChI=1S/C17H18N4O3/c1-11-4-3-5-13(8-11)16(22)24-14-7-6-12(9-15(14)23-2)10-20-21-17(18)19/h3-10H,1-2H3,(H4,18,19,21)/p+1. The lowest BCUT2D eigenvalue weighted by Gasteiger charge is -2.09. The number of nitrogens with one attached hydrogen (secondary N) is 1. The first-order valence-corrected chi connectivity index (χ1v) is 7.14. The van der Waals surface area contributed by atoms with Crippen molar-refractivity contribution in [3.63, 3.8) is 0 Å². The molecule has 0 aliphatic rings. The topological polar surface area (TPSA) is 114 Å². The average molecular weight is 327 g/mol. The molecule has 0 atom stereocenters. The van der Waals surface area contributed by atoms with E-state index >= 15 is 0 Å². The van der Waals surface area contributed by atoms with Crippen LogP contribution in [-0.4, -0.2) is 25.3 Å². The van der Waals surface area contributed by atoms with E-state index in [-0.39, 0.29) is 5.96 Å². The number of carbonyl (C=O) groups is 1. The van der Waals surface area contributed by atoms with E-state index in [2.05, 4.69) is 10.2 Å². The molecule has 2 aromatic carbocycles. The molecule has 5 N–H and O–H groups in total. The van der Waals surface area contributed by atoms with E-state index in [1.807, 2.05) is 13.0 Å². The average Bonchev–Trinajstić information content (AvgIpc) is 2.55. The van der Waals surface area contributed by atoms with Gasteiger partial charge in [0.15, 0.2) is 11.5 Å². The summed E-state index contributed by atoms with van der Waals surface area (Å²) < 4.78 is 10.7. The number of guanidine groups is 1. The van der Waals surface area contributed by atoms with E-state index in [1.54, 1.807) is 42.6 Å². The quantitative estimate of drug-likeness (QED) is 0.233. The van der Waals surface area contributed by atoms with E-state index in [0.29, 0.717) is 17.1 Å². The van der Waals surface area contributed by atoms with E-state index in [4.69, 9.17) is 20.9 Å². The molecule has 2 aromatic rings. The number of hydrogen-bond acceptors (Lipinski definition) is 4. The Bertz CT molecular complexity index is 796. The summed E-state index contributed by atoms with van der Waals surface area (Å²) in [4.78, 5) is 12.2. The molecule has 0 spiro atoms. The molecule has 0 aliphatic carbocycles. The summed E-state index contributed by atoms with van der Waals surface area (Å²) in [7, 11) is 1.49. The van der Waals surface area contributed by atoms with Crippen LogP contribution in [0.3, 0.4) is 0 Å². The lowest BCUT2D eigenvalue weighted by atomic mass is 10.1. The molecule has 0 aliphatic heterocycles. The Morgan fingerprint density at radius 2 is 1.96 bits per heavy atom. The molecule has 7 nitrogen and oxygen atoms in total. The van der Waals surface area contributed by atoms with Crippen molar-refractivity contribution in [2.45, 2.75) is 6.92 Å². The molecule has 0 amide bonds. The second-order valence-electron chi connectivity index (χ2n) is 4.98. The summed E-state index contributed by atoms with van der Waals surface area (Å²) in [5.74, 6) is 0.202. The highest BCUT2D eigenvalue weighted by molar-refractivity contribution is 5.91. The van der Waals surface area contributed by atoms with Crippen molar-refractivity contribution in [1.29, 1.82) is 0 Å². The van der Waals surface area contributed by atoms with Crippen molar-refractivity contribution in [2.24, 2.45) is 16.6 Å². The third-order valence-electron chi connectivity index (χ3n) is 3.07. The fraction of sp³-hybridized carbons (Fsp3) is 0.118. The van der Waals surface area contributed by atoms with Crippen molar-refractivity contribution in [3.05, 3.63) is 59.2 Å². The van der Waals surface area contributed by atoms with Crippen LogP contribution in [0.15, 0.2) is 47.6 Å². The van der Waals surface area contributed by atoms with Gasteiger partial charge in [0.1, 0.15) is 0 Å². The van der Waals surface area contributed by atoms with Crippen molar-refractivity contribution in [2.75, 3.05) is 7.11 Å². The molecule has 7 heteroatoms. The number of benzene rings is 2.